The van der Waals surface area contributed by atoms with Gasteiger partial charge >= 0.3 is 5.97 Å². The molecule has 9 heteroatoms. The highest BCUT2D eigenvalue weighted by Gasteiger charge is 2.33. The first-order valence-corrected chi connectivity index (χ1v) is 11.8. The Morgan fingerprint density at radius 1 is 0.946 bits per heavy atom. The van der Waals surface area contributed by atoms with Crippen molar-refractivity contribution in [2.75, 3.05) is 14.2 Å². The first-order valence-electron chi connectivity index (χ1n) is 11.5. The maximum Gasteiger partial charge on any atom is 0.355 e. The van der Waals surface area contributed by atoms with Gasteiger partial charge in [0.25, 0.3) is 5.56 Å². The number of hydrogen-bond acceptors (Lipinski definition) is 7. The fourth-order valence-corrected chi connectivity index (χ4v) is 4.06. The average molecular weight is 523 g/mol. The molecule has 0 saturated carbocycles. The van der Waals surface area contributed by atoms with Crippen LogP contribution in [0.3, 0.4) is 0 Å². The molecule has 1 N–H and O–H groups in total. The molecule has 0 spiro atoms. The third kappa shape index (κ3) is 5.39. The molecule has 37 heavy (non-hydrogen) atoms. The summed E-state index contributed by atoms with van der Waals surface area (Å²) in [4.78, 5) is 33.4. The molecule has 4 aromatic rings. The Kier molecular flexibility index (Phi) is 7.14. The first kappa shape index (κ1) is 26.0. The number of hydrogen-bond donors (Lipinski definition) is 1. The van der Waals surface area contributed by atoms with Gasteiger partial charge in [-0.2, -0.15) is 0 Å². The van der Waals surface area contributed by atoms with Crippen LogP contribution in [0.1, 0.15) is 25.0 Å². The number of aryl methyl sites for hydroxylation is 2. The zero-order valence-corrected chi connectivity index (χ0v) is 22.1. The molecule has 0 saturated heterocycles. The molecule has 4 rings (SSSR count). The van der Waals surface area contributed by atoms with Crippen LogP contribution in [-0.2, 0) is 4.79 Å². The summed E-state index contributed by atoms with van der Waals surface area (Å²) < 4.78 is 22.3. The van der Waals surface area contributed by atoms with Crippen molar-refractivity contribution in [1.82, 2.24) is 9.97 Å². The summed E-state index contributed by atoms with van der Waals surface area (Å²) in [6.07, 6.45) is 0. The highest BCUT2D eigenvalue weighted by Crippen LogP contribution is 2.32. The first-order chi connectivity index (χ1) is 17.5. The number of fused-ring (bicyclic) bond motifs is 1. The van der Waals surface area contributed by atoms with E-state index in [1.807, 2.05) is 13.8 Å². The van der Waals surface area contributed by atoms with Crippen LogP contribution in [0.5, 0.6) is 23.0 Å². The Morgan fingerprint density at radius 3 is 2.19 bits per heavy atom. The van der Waals surface area contributed by atoms with Gasteiger partial charge in [-0.15, -0.1) is 0 Å². The lowest BCUT2D eigenvalue weighted by atomic mass is 10.0. The highest BCUT2D eigenvalue weighted by molar-refractivity contribution is 6.30. The van der Waals surface area contributed by atoms with Gasteiger partial charge in [0.05, 0.1) is 19.7 Å². The molecule has 0 atom stereocenters. The van der Waals surface area contributed by atoms with E-state index in [2.05, 4.69) is 9.97 Å². The molecule has 0 aliphatic carbocycles. The SMILES string of the molecule is COc1cc(OC)c2c(=O)[nH]c(-c3cc(C)c(OC(=O)C(C)(C)Oc4ccc(Cl)cc4)c(C)c3)nc2c1. The number of aromatic amines is 1. The van der Waals surface area contributed by atoms with E-state index in [4.69, 9.17) is 30.5 Å². The molecule has 0 amide bonds. The van der Waals surface area contributed by atoms with E-state index in [-0.39, 0.29) is 5.56 Å². The molecule has 3 aromatic carbocycles. The number of esters is 1. The van der Waals surface area contributed by atoms with Crippen LogP contribution in [0.4, 0.5) is 0 Å². The van der Waals surface area contributed by atoms with E-state index in [0.717, 1.165) is 0 Å². The predicted molar refractivity (Wildman–Crippen MR) is 142 cm³/mol. The predicted octanol–water partition coefficient (Wildman–Crippen LogP) is 5.64. The molecule has 0 bridgehead atoms. The van der Waals surface area contributed by atoms with Crippen molar-refractivity contribution in [2.45, 2.75) is 33.3 Å². The van der Waals surface area contributed by atoms with E-state index in [1.54, 1.807) is 62.4 Å². The molecule has 0 aliphatic heterocycles. The van der Waals surface area contributed by atoms with Gasteiger partial charge in [0, 0.05) is 22.7 Å². The van der Waals surface area contributed by atoms with Gasteiger partial charge in [-0.05, 0) is 75.2 Å². The van der Waals surface area contributed by atoms with Gasteiger partial charge in [-0.3, -0.25) is 4.79 Å². The summed E-state index contributed by atoms with van der Waals surface area (Å²) >= 11 is 5.93. The number of nitrogens with zero attached hydrogens (tertiary/aromatic N) is 1. The molecule has 0 unspecified atom stereocenters. The van der Waals surface area contributed by atoms with Crippen LogP contribution in [-0.4, -0.2) is 35.8 Å². The fourth-order valence-electron chi connectivity index (χ4n) is 3.93. The molecular formula is C28H27ClN2O6. The summed E-state index contributed by atoms with van der Waals surface area (Å²) in [5, 5.41) is 0.897. The number of aromatic nitrogens is 2. The second-order valence-electron chi connectivity index (χ2n) is 9.03. The zero-order valence-electron chi connectivity index (χ0n) is 21.4. The molecule has 0 fully saturated rings. The third-order valence-corrected chi connectivity index (χ3v) is 6.06. The molecule has 1 aromatic heterocycles. The summed E-state index contributed by atoms with van der Waals surface area (Å²) in [5.41, 5.74) is 0.878. The quantitative estimate of drug-likeness (QED) is 0.247. The van der Waals surface area contributed by atoms with Gasteiger partial charge in [-0.1, -0.05) is 11.6 Å². The van der Waals surface area contributed by atoms with Crippen molar-refractivity contribution in [2.24, 2.45) is 0 Å². The summed E-state index contributed by atoms with van der Waals surface area (Å²) in [7, 11) is 3.01. The molecule has 0 radical (unpaired) electrons. The Labute approximate surface area is 219 Å². The average Bonchev–Trinajstić information content (AvgIpc) is 2.86. The minimum Gasteiger partial charge on any atom is -0.497 e. The van der Waals surface area contributed by atoms with Crippen molar-refractivity contribution in [3.8, 4) is 34.4 Å². The van der Waals surface area contributed by atoms with E-state index in [9.17, 15) is 9.59 Å². The molecule has 192 valence electrons. The van der Waals surface area contributed by atoms with E-state index in [1.165, 1.54) is 14.2 Å². The van der Waals surface area contributed by atoms with Gasteiger partial charge in [0.2, 0.25) is 5.60 Å². The van der Waals surface area contributed by atoms with Gasteiger partial charge in [0.15, 0.2) is 0 Å². The van der Waals surface area contributed by atoms with Crippen molar-refractivity contribution < 1.29 is 23.7 Å². The number of ether oxygens (including phenoxy) is 4. The maximum atomic E-state index is 13.0. The number of benzene rings is 3. The number of H-pyrrole nitrogens is 1. The molecule has 0 aliphatic rings. The second-order valence-corrected chi connectivity index (χ2v) is 9.47. The van der Waals surface area contributed by atoms with Gasteiger partial charge in [0.1, 0.15) is 34.2 Å². The normalized spacial score (nSPS) is 11.3. The molecule has 1 heterocycles. The maximum absolute atomic E-state index is 13.0. The Balaban J connectivity index is 1.65. The number of carbonyl (C=O) groups excluding carboxylic acids is 1. The Bertz CT molecular complexity index is 1520. The van der Waals surface area contributed by atoms with Gasteiger partial charge in [-0.25, -0.2) is 9.78 Å². The molecule has 8 nitrogen and oxygen atoms in total. The van der Waals surface area contributed by atoms with Crippen LogP contribution in [0.15, 0.2) is 53.3 Å². The van der Waals surface area contributed by atoms with Crippen molar-refractivity contribution >= 4 is 28.5 Å². The smallest absolute Gasteiger partial charge is 0.355 e. The standard InChI is InChI=1S/C28H27ClN2O6/c1-15-11-17(25-30-21-13-20(34-5)14-22(35-6)23(21)26(32)31-25)12-16(2)24(15)36-27(33)28(3,4)37-19-9-7-18(29)8-10-19/h7-14H,1-6H3,(H,30,31,32). The summed E-state index contributed by atoms with van der Waals surface area (Å²) in [6, 6.07) is 13.6. The number of methoxy groups -OCH3 is 2. The monoisotopic (exact) mass is 522 g/mol. The van der Waals surface area contributed by atoms with Crippen LogP contribution >= 0.6 is 11.6 Å². The zero-order chi connectivity index (χ0) is 26.9. The van der Waals surface area contributed by atoms with E-state index < -0.39 is 11.6 Å². The van der Waals surface area contributed by atoms with Crippen molar-refractivity contribution in [3.63, 3.8) is 0 Å². The van der Waals surface area contributed by atoms with Crippen LogP contribution in [0, 0.1) is 13.8 Å². The number of carbonyl (C=O) groups is 1. The largest absolute Gasteiger partial charge is 0.497 e. The lowest BCUT2D eigenvalue weighted by Gasteiger charge is -2.25. The van der Waals surface area contributed by atoms with E-state index in [0.29, 0.717) is 61.4 Å². The van der Waals surface area contributed by atoms with Crippen molar-refractivity contribution in [1.29, 1.82) is 0 Å². The van der Waals surface area contributed by atoms with Crippen LogP contribution in [0.2, 0.25) is 5.02 Å². The Morgan fingerprint density at radius 2 is 1.59 bits per heavy atom. The van der Waals surface area contributed by atoms with Gasteiger partial charge < -0.3 is 23.9 Å². The van der Waals surface area contributed by atoms with Crippen molar-refractivity contribution in [3.05, 3.63) is 75.0 Å². The minimum absolute atomic E-state index is 0.328. The number of nitrogens with one attached hydrogen (secondary N) is 1. The summed E-state index contributed by atoms with van der Waals surface area (Å²) in [6.45, 7) is 6.90. The molecular weight excluding hydrogens is 496 g/mol. The summed E-state index contributed by atoms with van der Waals surface area (Å²) in [5.74, 6) is 1.60. The van der Waals surface area contributed by atoms with Crippen LogP contribution in [0.25, 0.3) is 22.3 Å². The lowest BCUT2D eigenvalue weighted by molar-refractivity contribution is -0.149. The number of halogens is 1. The highest BCUT2D eigenvalue weighted by atomic mass is 35.5. The number of rotatable bonds is 7. The van der Waals surface area contributed by atoms with Crippen LogP contribution < -0.4 is 24.5 Å². The van der Waals surface area contributed by atoms with E-state index >= 15 is 0 Å². The minimum atomic E-state index is -1.26. The topological polar surface area (TPSA) is 99.7 Å². The third-order valence-electron chi connectivity index (χ3n) is 5.81. The Hall–Kier alpha value is -4.04. The fraction of sp³-hybridized carbons (Fsp3) is 0.250. The second kappa shape index (κ2) is 10.1. The lowest BCUT2D eigenvalue weighted by Crippen LogP contribution is -2.41.